The third-order valence-corrected chi connectivity index (χ3v) is 3.46. The van der Waals surface area contributed by atoms with Crippen LogP contribution in [-0.4, -0.2) is 30.0 Å². The van der Waals surface area contributed by atoms with Gasteiger partial charge in [0.1, 0.15) is 0 Å². The van der Waals surface area contributed by atoms with Gasteiger partial charge >= 0.3 is 0 Å². The summed E-state index contributed by atoms with van der Waals surface area (Å²) in [4.78, 5) is 10.5. The quantitative estimate of drug-likeness (QED) is 0.675. The number of rotatable bonds is 4. The van der Waals surface area contributed by atoms with Gasteiger partial charge in [-0.1, -0.05) is 12.1 Å². The second-order valence-corrected chi connectivity index (χ2v) is 5.42. The molecule has 1 aromatic carbocycles. The standard InChI is InChI=1S/C14H20N2O4/c1-10-11(5-4-6-13(10)16(17)18)7-15-12-8-19-14(2,3)20-9-12/h4-6,12,15H,7-9H2,1-3H3. The molecule has 20 heavy (non-hydrogen) atoms. The van der Waals surface area contributed by atoms with Crippen LogP contribution in [0.5, 0.6) is 0 Å². The van der Waals surface area contributed by atoms with Crippen molar-refractivity contribution in [2.24, 2.45) is 0 Å². The maximum atomic E-state index is 10.9. The highest BCUT2D eigenvalue weighted by molar-refractivity contribution is 5.44. The van der Waals surface area contributed by atoms with E-state index in [0.717, 1.165) is 5.56 Å². The number of ether oxygens (including phenoxy) is 2. The van der Waals surface area contributed by atoms with Crippen LogP contribution < -0.4 is 5.32 Å². The Bertz CT molecular complexity index is 492. The number of hydrogen-bond acceptors (Lipinski definition) is 5. The number of nitrogens with one attached hydrogen (secondary N) is 1. The summed E-state index contributed by atoms with van der Waals surface area (Å²) in [5.74, 6) is -0.528. The Morgan fingerprint density at radius 1 is 1.40 bits per heavy atom. The molecular formula is C14H20N2O4. The summed E-state index contributed by atoms with van der Waals surface area (Å²) in [5, 5.41) is 14.2. The van der Waals surface area contributed by atoms with Crippen molar-refractivity contribution < 1.29 is 14.4 Å². The number of nitro benzene ring substituents is 1. The maximum Gasteiger partial charge on any atom is 0.272 e. The first-order valence-electron chi connectivity index (χ1n) is 6.63. The first-order chi connectivity index (χ1) is 9.39. The van der Waals surface area contributed by atoms with Crippen molar-refractivity contribution >= 4 is 5.69 Å². The molecule has 0 bridgehead atoms. The lowest BCUT2D eigenvalue weighted by atomic mass is 10.1. The van der Waals surface area contributed by atoms with Crippen LogP contribution in [0.4, 0.5) is 5.69 Å². The molecule has 0 unspecified atom stereocenters. The topological polar surface area (TPSA) is 73.6 Å². The van der Waals surface area contributed by atoms with Crippen LogP contribution in [-0.2, 0) is 16.0 Å². The summed E-state index contributed by atoms with van der Waals surface area (Å²) < 4.78 is 11.1. The highest BCUT2D eigenvalue weighted by Crippen LogP contribution is 2.21. The van der Waals surface area contributed by atoms with Crippen LogP contribution in [0.1, 0.15) is 25.0 Å². The molecule has 1 heterocycles. The van der Waals surface area contributed by atoms with Crippen LogP contribution in [0.2, 0.25) is 0 Å². The molecule has 0 amide bonds. The van der Waals surface area contributed by atoms with Gasteiger partial charge in [0.15, 0.2) is 5.79 Å². The molecule has 1 fully saturated rings. The second-order valence-electron chi connectivity index (χ2n) is 5.42. The minimum absolute atomic E-state index is 0.0988. The van der Waals surface area contributed by atoms with E-state index in [1.807, 2.05) is 19.9 Å². The summed E-state index contributed by atoms with van der Waals surface area (Å²) >= 11 is 0. The van der Waals surface area contributed by atoms with E-state index < -0.39 is 5.79 Å². The molecule has 0 aromatic heterocycles. The van der Waals surface area contributed by atoms with Gasteiger partial charge in [-0.2, -0.15) is 0 Å². The van der Waals surface area contributed by atoms with Crippen molar-refractivity contribution in [1.29, 1.82) is 0 Å². The smallest absolute Gasteiger partial charge is 0.272 e. The predicted octanol–water partition coefficient (Wildman–Crippen LogP) is 2.14. The third kappa shape index (κ3) is 3.53. The monoisotopic (exact) mass is 280 g/mol. The fourth-order valence-corrected chi connectivity index (χ4v) is 2.12. The van der Waals surface area contributed by atoms with Gasteiger partial charge in [0.25, 0.3) is 5.69 Å². The van der Waals surface area contributed by atoms with Crippen molar-refractivity contribution in [2.45, 2.75) is 39.1 Å². The first-order valence-corrected chi connectivity index (χ1v) is 6.63. The average molecular weight is 280 g/mol. The molecule has 0 atom stereocenters. The molecule has 1 aliphatic heterocycles. The Morgan fingerprint density at radius 2 is 2.05 bits per heavy atom. The summed E-state index contributed by atoms with van der Waals surface area (Å²) in [6.45, 7) is 7.24. The van der Waals surface area contributed by atoms with E-state index in [9.17, 15) is 10.1 Å². The van der Waals surface area contributed by atoms with Gasteiger partial charge in [0, 0.05) is 18.2 Å². The zero-order valence-electron chi connectivity index (χ0n) is 12.0. The van der Waals surface area contributed by atoms with Crippen molar-refractivity contribution in [3.05, 3.63) is 39.4 Å². The van der Waals surface area contributed by atoms with Gasteiger partial charge in [0.2, 0.25) is 0 Å². The van der Waals surface area contributed by atoms with Crippen LogP contribution in [0.3, 0.4) is 0 Å². The highest BCUT2D eigenvalue weighted by Gasteiger charge is 2.28. The minimum atomic E-state index is -0.528. The minimum Gasteiger partial charge on any atom is -0.349 e. The lowest BCUT2D eigenvalue weighted by Crippen LogP contribution is -2.48. The summed E-state index contributed by atoms with van der Waals surface area (Å²) in [7, 11) is 0. The lowest BCUT2D eigenvalue weighted by molar-refractivity contribution is -0.385. The molecule has 6 heteroatoms. The van der Waals surface area contributed by atoms with E-state index in [1.165, 1.54) is 6.07 Å². The van der Waals surface area contributed by atoms with E-state index in [2.05, 4.69) is 5.32 Å². The van der Waals surface area contributed by atoms with Gasteiger partial charge in [-0.3, -0.25) is 10.1 Å². The molecule has 0 saturated carbocycles. The van der Waals surface area contributed by atoms with Crippen molar-refractivity contribution in [1.82, 2.24) is 5.32 Å². The van der Waals surface area contributed by atoms with Gasteiger partial charge in [-0.25, -0.2) is 0 Å². The highest BCUT2D eigenvalue weighted by atomic mass is 16.7. The Balaban J connectivity index is 1.95. The molecule has 0 radical (unpaired) electrons. The van der Waals surface area contributed by atoms with Gasteiger partial charge in [-0.15, -0.1) is 0 Å². The fourth-order valence-electron chi connectivity index (χ4n) is 2.12. The Hall–Kier alpha value is -1.50. The predicted molar refractivity (Wildman–Crippen MR) is 74.4 cm³/mol. The van der Waals surface area contributed by atoms with Crippen molar-refractivity contribution in [3.63, 3.8) is 0 Å². The fraction of sp³-hybridized carbons (Fsp3) is 0.571. The molecule has 2 rings (SSSR count). The lowest BCUT2D eigenvalue weighted by Gasteiger charge is -2.35. The molecule has 0 spiro atoms. The molecule has 1 aliphatic rings. The maximum absolute atomic E-state index is 10.9. The summed E-state index contributed by atoms with van der Waals surface area (Å²) in [6.07, 6.45) is 0. The van der Waals surface area contributed by atoms with Crippen molar-refractivity contribution in [2.75, 3.05) is 13.2 Å². The third-order valence-electron chi connectivity index (χ3n) is 3.46. The SMILES string of the molecule is Cc1c(CNC2COC(C)(C)OC2)cccc1[N+](=O)[O-]. The van der Waals surface area contributed by atoms with E-state index in [-0.39, 0.29) is 16.7 Å². The van der Waals surface area contributed by atoms with Gasteiger partial charge in [0.05, 0.1) is 24.2 Å². The average Bonchev–Trinajstić information content (AvgIpc) is 2.38. The van der Waals surface area contributed by atoms with E-state index in [0.29, 0.717) is 25.3 Å². The number of nitrogens with zero attached hydrogens (tertiary/aromatic N) is 1. The van der Waals surface area contributed by atoms with E-state index >= 15 is 0 Å². The van der Waals surface area contributed by atoms with Gasteiger partial charge < -0.3 is 14.8 Å². The number of hydrogen-bond donors (Lipinski definition) is 1. The first kappa shape index (κ1) is 14.9. The molecular weight excluding hydrogens is 260 g/mol. The zero-order chi connectivity index (χ0) is 14.8. The molecule has 1 N–H and O–H groups in total. The molecule has 110 valence electrons. The van der Waals surface area contributed by atoms with Crippen LogP contribution in [0.15, 0.2) is 18.2 Å². The van der Waals surface area contributed by atoms with E-state index in [4.69, 9.17) is 9.47 Å². The van der Waals surface area contributed by atoms with E-state index in [1.54, 1.807) is 13.0 Å². The van der Waals surface area contributed by atoms with Crippen molar-refractivity contribution in [3.8, 4) is 0 Å². The van der Waals surface area contributed by atoms with Gasteiger partial charge in [-0.05, 0) is 26.3 Å². The Morgan fingerprint density at radius 3 is 2.65 bits per heavy atom. The Labute approximate surface area is 118 Å². The molecule has 1 aromatic rings. The zero-order valence-corrected chi connectivity index (χ0v) is 12.0. The number of benzene rings is 1. The van der Waals surface area contributed by atoms with Crippen LogP contribution in [0, 0.1) is 17.0 Å². The molecule has 6 nitrogen and oxygen atoms in total. The summed E-state index contributed by atoms with van der Waals surface area (Å²) in [5.41, 5.74) is 1.77. The Kier molecular flexibility index (Phi) is 4.37. The normalized spacial score (nSPS) is 18.9. The number of nitro groups is 1. The van der Waals surface area contributed by atoms with Crippen LogP contribution in [0.25, 0.3) is 0 Å². The molecule has 1 saturated heterocycles. The largest absolute Gasteiger partial charge is 0.349 e. The van der Waals surface area contributed by atoms with Crippen LogP contribution >= 0.6 is 0 Å². The second kappa shape index (κ2) is 5.87. The summed E-state index contributed by atoms with van der Waals surface area (Å²) in [6, 6.07) is 5.22. The molecule has 0 aliphatic carbocycles.